The highest BCUT2D eigenvalue weighted by molar-refractivity contribution is 5.89. The Morgan fingerprint density at radius 1 is 1.21 bits per heavy atom. The van der Waals surface area contributed by atoms with E-state index < -0.39 is 0 Å². The zero-order valence-corrected chi connectivity index (χ0v) is 13.5. The molecule has 2 aromatic carbocycles. The van der Waals surface area contributed by atoms with Gasteiger partial charge in [0.05, 0.1) is 0 Å². The molecule has 0 aliphatic rings. The number of carbonyl (C=O) groups is 1. The molecule has 0 fully saturated rings. The molecule has 24 heavy (non-hydrogen) atoms. The maximum atomic E-state index is 13.5. The molecule has 5 nitrogen and oxygen atoms in total. The van der Waals surface area contributed by atoms with Crippen molar-refractivity contribution in [2.24, 2.45) is 0 Å². The van der Waals surface area contributed by atoms with Crippen molar-refractivity contribution < 1.29 is 19.0 Å². The zero-order valence-electron chi connectivity index (χ0n) is 13.5. The fraction of sp³-hybridized carbons (Fsp3) is 0.278. The third-order valence-corrected chi connectivity index (χ3v) is 3.40. The molecule has 3 N–H and O–H groups in total. The fourth-order valence-electron chi connectivity index (χ4n) is 2.07. The first kappa shape index (κ1) is 17.7. The lowest BCUT2D eigenvalue weighted by atomic mass is 10.2. The lowest BCUT2D eigenvalue weighted by Crippen LogP contribution is -2.36. The van der Waals surface area contributed by atoms with E-state index in [-0.39, 0.29) is 31.1 Å². The van der Waals surface area contributed by atoms with E-state index >= 15 is 0 Å². The summed E-state index contributed by atoms with van der Waals surface area (Å²) in [6, 6.07) is 12.8. The smallest absolute Gasteiger partial charge is 0.319 e. The van der Waals surface area contributed by atoms with Crippen molar-refractivity contribution in [3.63, 3.8) is 0 Å². The van der Waals surface area contributed by atoms with E-state index in [9.17, 15) is 9.18 Å². The maximum absolute atomic E-state index is 13.5. The molecule has 0 aromatic heterocycles. The number of aliphatic hydroxyl groups excluding tert-OH is 1. The largest absolute Gasteiger partial charge is 0.489 e. The molecular formula is C18H21FN2O3. The van der Waals surface area contributed by atoms with Gasteiger partial charge >= 0.3 is 6.03 Å². The lowest BCUT2D eigenvalue weighted by molar-refractivity contribution is 0.241. The molecule has 6 heteroatoms. The molecular weight excluding hydrogens is 311 g/mol. The second kappa shape index (κ2) is 8.88. The topological polar surface area (TPSA) is 70.6 Å². The van der Waals surface area contributed by atoms with Crippen LogP contribution in [0.3, 0.4) is 0 Å². The van der Waals surface area contributed by atoms with Crippen molar-refractivity contribution in [3.8, 4) is 5.75 Å². The second-order valence-corrected chi connectivity index (χ2v) is 5.42. The Balaban J connectivity index is 1.84. The molecule has 0 heterocycles. The van der Waals surface area contributed by atoms with Gasteiger partial charge in [-0.3, -0.25) is 0 Å². The number of carbonyl (C=O) groups excluding carboxylic acids is 1. The van der Waals surface area contributed by atoms with Crippen LogP contribution < -0.4 is 15.4 Å². The number of aliphatic hydroxyl groups is 1. The number of ether oxygens (including phenoxy) is 1. The minimum absolute atomic E-state index is 0.0233. The van der Waals surface area contributed by atoms with Crippen LogP contribution in [0.15, 0.2) is 48.5 Å². The van der Waals surface area contributed by atoms with Gasteiger partial charge in [-0.2, -0.15) is 0 Å². The molecule has 0 aliphatic carbocycles. The molecule has 0 saturated carbocycles. The van der Waals surface area contributed by atoms with Crippen molar-refractivity contribution in [1.29, 1.82) is 0 Å². The summed E-state index contributed by atoms with van der Waals surface area (Å²) in [5.74, 6) is 0.280. The third-order valence-electron chi connectivity index (χ3n) is 3.40. The molecule has 1 atom stereocenters. The Morgan fingerprint density at radius 2 is 1.92 bits per heavy atom. The van der Waals surface area contributed by atoms with Gasteiger partial charge < -0.3 is 20.5 Å². The molecule has 0 saturated heterocycles. The van der Waals surface area contributed by atoms with Crippen LogP contribution in [0.25, 0.3) is 0 Å². The highest BCUT2D eigenvalue weighted by atomic mass is 19.1. The number of rotatable bonds is 7. The Hall–Kier alpha value is -2.60. The average molecular weight is 332 g/mol. The molecule has 0 spiro atoms. The van der Waals surface area contributed by atoms with Crippen LogP contribution in [-0.4, -0.2) is 23.8 Å². The quantitative estimate of drug-likeness (QED) is 0.728. The highest BCUT2D eigenvalue weighted by Crippen LogP contribution is 2.18. The van der Waals surface area contributed by atoms with Gasteiger partial charge in [-0.1, -0.05) is 18.2 Å². The SMILES string of the molecule is C[C@H](CCO)NC(=O)Nc1ccc(OCc2ccccc2F)cc1. The third kappa shape index (κ3) is 5.55. The molecule has 2 aromatic rings. The van der Waals surface area contributed by atoms with Crippen molar-refractivity contribution >= 4 is 11.7 Å². The van der Waals surface area contributed by atoms with Gasteiger partial charge in [0.1, 0.15) is 18.2 Å². The van der Waals surface area contributed by atoms with Crippen molar-refractivity contribution in [2.45, 2.75) is 26.0 Å². The van der Waals surface area contributed by atoms with Gasteiger partial charge in [0.2, 0.25) is 0 Å². The van der Waals surface area contributed by atoms with Crippen LogP contribution in [0, 0.1) is 5.82 Å². The predicted octanol–water partition coefficient (Wildman–Crippen LogP) is 3.30. The Kier molecular flexibility index (Phi) is 6.57. The van der Waals surface area contributed by atoms with Gasteiger partial charge in [-0.25, -0.2) is 9.18 Å². The summed E-state index contributed by atoms with van der Waals surface area (Å²) in [7, 11) is 0. The number of urea groups is 1. The highest BCUT2D eigenvalue weighted by Gasteiger charge is 2.07. The number of amides is 2. The van der Waals surface area contributed by atoms with Crippen LogP contribution >= 0.6 is 0 Å². The molecule has 128 valence electrons. The Morgan fingerprint density at radius 3 is 2.58 bits per heavy atom. The van der Waals surface area contributed by atoms with Gasteiger partial charge in [-0.15, -0.1) is 0 Å². The number of benzene rings is 2. The summed E-state index contributed by atoms with van der Waals surface area (Å²) in [5.41, 5.74) is 1.10. The first-order valence-electron chi connectivity index (χ1n) is 7.73. The van der Waals surface area contributed by atoms with E-state index in [1.165, 1.54) is 6.07 Å². The van der Waals surface area contributed by atoms with E-state index in [0.717, 1.165) is 0 Å². The summed E-state index contributed by atoms with van der Waals surface area (Å²) in [6.07, 6.45) is 0.496. The van der Waals surface area contributed by atoms with E-state index in [4.69, 9.17) is 9.84 Å². The van der Waals surface area contributed by atoms with Crippen LogP contribution in [0.2, 0.25) is 0 Å². The average Bonchev–Trinajstić information content (AvgIpc) is 2.55. The summed E-state index contributed by atoms with van der Waals surface area (Å²) >= 11 is 0. The Bertz CT molecular complexity index is 662. The summed E-state index contributed by atoms with van der Waals surface area (Å²) in [4.78, 5) is 11.8. The molecule has 0 radical (unpaired) electrons. The van der Waals surface area contributed by atoms with Crippen molar-refractivity contribution in [1.82, 2.24) is 5.32 Å². The normalized spacial score (nSPS) is 11.6. The van der Waals surface area contributed by atoms with Gasteiger partial charge in [-0.05, 0) is 43.7 Å². The summed E-state index contributed by atoms with van der Waals surface area (Å²) in [5, 5.41) is 14.2. The second-order valence-electron chi connectivity index (χ2n) is 5.42. The van der Waals surface area contributed by atoms with Crippen LogP contribution in [0.5, 0.6) is 5.75 Å². The zero-order chi connectivity index (χ0) is 17.4. The number of hydrogen-bond acceptors (Lipinski definition) is 3. The van der Waals surface area contributed by atoms with E-state index in [1.54, 1.807) is 42.5 Å². The number of halogens is 1. The minimum atomic E-state index is -0.337. The fourth-order valence-corrected chi connectivity index (χ4v) is 2.07. The molecule has 0 bridgehead atoms. The van der Waals surface area contributed by atoms with Crippen LogP contribution in [-0.2, 0) is 6.61 Å². The van der Waals surface area contributed by atoms with E-state index in [0.29, 0.717) is 23.4 Å². The minimum Gasteiger partial charge on any atom is -0.489 e. The first-order chi connectivity index (χ1) is 11.6. The molecule has 2 amide bonds. The molecule has 0 aliphatic heterocycles. The van der Waals surface area contributed by atoms with Gasteiger partial charge in [0, 0.05) is 23.9 Å². The Labute approximate surface area is 140 Å². The van der Waals surface area contributed by atoms with E-state index in [1.807, 2.05) is 6.92 Å². The predicted molar refractivity (Wildman–Crippen MR) is 90.5 cm³/mol. The lowest BCUT2D eigenvalue weighted by Gasteiger charge is -2.13. The van der Waals surface area contributed by atoms with E-state index in [2.05, 4.69) is 10.6 Å². The molecule has 2 rings (SSSR count). The maximum Gasteiger partial charge on any atom is 0.319 e. The monoisotopic (exact) mass is 332 g/mol. The number of nitrogens with one attached hydrogen (secondary N) is 2. The summed E-state index contributed by atoms with van der Waals surface area (Å²) < 4.78 is 19.0. The first-order valence-corrected chi connectivity index (χ1v) is 7.73. The number of anilines is 1. The van der Waals surface area contributed by atoms with Gasteiger partial charge in [0.15, 0.2) is 0 Å². The standard InChI is InChI=1S/C18H21FN2O3/c1-13(10-11-22)20-18(23)21-15-6-8-16(9-7-15)24-12-14-4-2-3-5-17(14)19/h2-9,13,22H,10-12H2,1H3,(H2,20,21,23)/t13-/m1/s1. The van der Waals surface area contributed by atoms with Crippen LogP contribution in [0.1, 0.15) is 18.9 Å². The van der Waals surface area contributed by atoms with Gasteiger partial charge in [0.25, 0.3) is 0 Å². The van der Waals surface area contributed by atoms with Crippen molar-refractivity contribution in [2.75, 3.05) is 11.9 Å². The van der Waals surface area contributed by atoms with Crippen LogP contribution in [0.4, 0.5) is 14.9 Å². The number of hydrogen-bond donors (Lipinski definition) is 3. The molecule has 0 unspecified atom stereocenters. The van der Waals surface area contributed by atoms with Crippen molar-refractivity contribution in [3.05, 3.63) is 59.9 Å². The summed E-state index contributed by atoms with van der Waals surface area (Å²) in [6.45, 7) is 1.98.